The number of hydrogen-bond donors (Lipinski definition) is 4. The number of unbranched alkanes of at least 4 members (excludes halogenated alkanes) is 6. The lowest BCUT2D eigenvalue weighted by Crippen LogP contribution is -2.41. The van der Waals surface area contributed by atoms with Gasteiger partial charge in [-0.25, -0.2) is 9.98 Å². The van der Waals surface area contributed by atoms with Crippen LogP contribution < -0.4 is 31.9 Å². The highest BCUT2D eigenvalue weighted by Gasteiger charge is 2.34. The first-order chi connectivity index (χ1) is 29.5. The summed E-state index contributed by atoms with van der Waals surface area (Å²) in [6.45, 7) is 8.05. The topological polar surface area (TPSA) is 141 Å². The SMILES string of the molecule is CC1=CC2=Nc3cc(C)c(NC(=O)CCCCCCCCCC(=O)NC4=CC5C(=Nc6cc(C)c(N)cc6N5c5ccccc5)C=C4C)cc3N(c3ccccc3)C2C=C1N. The van der Waals surface area contributed by atoms with E-state index in [2.05, 4.69) is 75.1 Å². The Kier molecular flexibility index (Phi) is 12.0. The van der Waals surface area contributed by atoms with E-state index in [1.54, 1.807) is 0 Å². The number of allylic oxidation sites excluding steroid dienone is 2. The Morgan fingerprint density at radius 3 is 1.67 bits per heavy atom. The number of nitrogens with zero attached hydrogens (tertiary/aromatic N) is 4. The maximum atomic E-state index is 13.2. The first-order valence-electron chi connectivity index (χ1n) is 21.6. The Bertz CT molecular complexity index is 2530. The third-order valence-electron chi connectivity index (χ3n) is 12.1. The Hall–Kier alpha value is -6.68. The summed E-state index contributed by atoms with van der Waals surface area (Å²) in [4.78, 5) is 40.9. The van der Waals surface area contributed by atoms with Crippen molar-refractivity contribution in [3.63, 3.8) is 0 Å². The molecule has 10 nitrogen and oxygen atoms in total. The van der Waals surface area contributed by atoms with Crippen molar-refractivity contribution in [3.05, 3.63) is 143 Å². The van der Waals surface area contributed by atoms with Crippen LogP contribution in [-0.4, -0.2) is 35.3 Å². The molecule has 6 N–H and O–H groups in total. The standard InChI is InChI=1S/C51H56N8O2/c1-32-24-42-46(28-38(32)52)58(36-18-12-10-13-19-36)48-30-40(34(3)26-44(48)54-42)56-50(60)22-16-8-6-5-7-9-17-23-51(61)57-41-31-49-45(27-35(41)4)55-43-25-33(2)39(53)29-47(43)59(49)37-20-14-11-15-21-37/h10-15,18-21,24-31,46,49H,5-9,16-17,22-23,52-53H2,1-4H3,(H,56,60)(H,57,61). The van der Waals surface area contributed by atoms with E-state index in [1.807, 2.05) is 82.3 Å². The van der Waals surface area contributed by atoms with Gasteiger partial charge >= 0.3 is 0 Å². The number of nitrogen functional groups attached to an aromatic ring is 1. The lowest BCUT2D eigenvalue weighted by atomic mass is 9.93. The minimum atomic E-state index is -0.179. The van der Waals surface area contributed by atoms with Crippen molar-refractivity contribution in [1.29, 1.82) is 0 Å². The zero-order chi connectivity index (χ0) is 42.6. The smallest absolute Gasteiger partial charge is 0.224 e. The van der Waals surface area contributed by atoms with Gasteiger partial charge in [0.1, 0.15) is 0 Å². The van der Waals surface area contributed by atoms with Crippen LogP contribution in [0.1, 0.15) is 82.8 Å². The summed E-state index contributed by atoms with van der Waals surface area (Å²) in [7, 11) is 0. The number of aliphatic imine (C=N–C) groups is 2. The van der Waals surface area contributed by atoms with Crippen LogP contribution in [0.4, 0.5) is 45.5 Å². The van der Waals surface area contributed by atoms with Crippen molar-refractivity contribution in [3.8, 4) is 0 Å². The fraction of sp³-hybridized carbons (Fsp3) is 0.294. The zero-order valence-corrected chi connectivity index (χ0v) is 35.7. The summed E-state index contributed by atoms with van der Waals surface area (Å²) < 4.78 is 0. The van der Waals surface area contributed by atoms with E-state index >= 15 is 0 Å². The maximum Gasteiger partial charge on any atom is 0.224 e. The summed E-state index contributed by atoms with van der Waals surface area (Å²) in [5, 5.41) is 6.39. The highest BCUT2D eigenvalue weighted by molar-refractivity contribution is 6.12. The van der Waals surface area contributed by atoms with Gasteiger partial charge in [-0.2, -0.15) is 0 Å². The third kappa shape index (κ3) is 8.94. The summed E-state index contributed by atoms with van der Waals surface area (Å²) in [5.41, 5.74) is 27.4. The second kappa shape index (κ2) is 17.9. The molecule has 2 aliphatic carbocycles. The Balaban J connectivity index is 0.784. The van der Waals surface area contributed by atoms with Crippen LogP contribution in [0, 0.1) is 13.8 Å². The molecule has 0 aromatic heterocycles. The molecule has 8 rings (SSSR count). The average Bonchev–Trinajstić information content (AvgIpc) is 3.24. The van der Waals surface area contributed by atoms with Crippen molar-refractivity contribution in [2.75, 3.05) is 20.9 Å². The molecule has 10 heteroatoms. The second-order valence-electron chi connectivity index (χ2n) is 16.7. The van der Waals surface area contributed by atoms with Gasteiger partial charge in [-0.05, 0) is 136 Å². The minimum absolute atomic E-state index is 0.0169. The molecule has 2 unspecified atom stereocenters. The molecule has 0 saturated carbocycles. The lowest BCUT2D eigenvalue weighted by Gasteiger charge is -2.38. The second-order valence-corrected chi connectivity index (χ2v) is 16.7. The number of carbonyl (C=O) groups is 2. The number of aryl methyl sites for hydroxylation is 2. The summed E-state index contributed by atoms with van der Waals surface area (Å²) >= 11 is 0. The fourth-order valence-corrected chi connectivity index (χ4v) is 8.60. The predicted molar refractivity (Wildman–Crippen MR) is 252 cm³/mol. The van der Waals surface area contributed by atoms with Gasteiger partial charge in [0.2, 0.25) is 11.8 Å². The fourth-order valence-electron chi connectivity index (χ4n) is 8.60. The van der Waals surface area contributed by atoms with Gasteiger partial charge in [0.05, 0.1) is 46.3 Å². The highest BCUT2D eigenvalue weighted by atomic mass is 16.2. The first-order valence-corrected chi connectivity index (χ1v) is 21.6. The van der Waals surface area contributed by atoms with Crippen LogP contribution in [0.25, 0.3) is 0 Å². The molecule has 2 amide bonds. The van der Waals surface area contributed by atoms with E-state index in [0.717, 1.165) is 136 Å². The van der Waals surface area contributed by atoms with E-state index in [-0.39, 0.29) is 23.9 Å². The minimum Gasteiger partial charge on any atom is -0.399 e. The van der Waals surface area contributed by atoms with E-state index in [1.165, 1.54) is 0 Å². The number of benzene rings is 4. The molecular formula is C51H56N8O2. The average molecular weight is 813 g/mol. The molecule has 61 heavy (non-hydrogen) atoms. The largest absolute Gasteiger partial charge is 0.399 e. The highest BCUT2D eigenvalue weighted by Crippen LogP contribution is 2.46. The summed E-state index contributed by atoms with van der Waals surface area (Å²) in [5.74, 6) is 0.0399. The van der Waals surface area contributed by atoms with E-state index < -0.39 is 0 Å². The van der Waals surface area contributed by atoms with Crippen molar-refractivity contribution in [2.24, 2.45) is 15.7 Å². The number of anilines is 6. The normalized spacial score (nSPS) is 17.6. The summed E-state index contributed by atoms with van der Waals surface area (Å²) in [6, 6.07) is 28.3. The number of amides is 2. The van der Waals surface area contributed by atoms with Crippen molar-refractivity contribution >= 4 is 68.7 Å². The number of fused-ring (bicyclic) bond motifs is 4. The Morgan fingerprint density at radius 1 is 0.590 bits per heavy atom. The molecule has 312 valence electrons. The molecule has 0 radical (unpaired) electrons. The molecule has 0 spiro atoms. The van der Waals surface area contributed by atoms with Crippen molar-refractivity contribution in [1.82, 2.24) is 5.32 Å². The van der Waals surface area contributed by atoms with Gasteiger partial charge in [0.25, 0.3) is 0 Å². The number of para-hydroxylation sites is 2. The van der Waals surface area contributed by atoms with Crippen molar-refractivity contribution in [2.45, 2.75) is 97.6 Å². The van der Waals surface area contributed by atoms with Gasteiger partial charge in [0, 0.05) is 47.0 Å². The third-order valence-corrected chi connectivity index (χ3v) is 12.1. The molecule has 0 bridgehead atoms. The number of hydrogen-bond acceptors (Lipinski definition) is 8. The molecule has 2 atom stereocenters. The van der Waals surface area contributed by atoms with Gasteiger partial charge in [0.15, 0.2) is 0 Å². The number of carbonyl (C=O) groups excluding carboxylic acids is 2. The number of nitrogens with two attached hydrogens (primary N) is 2. The van der Waals surface area contributed by atoms with E-state index in [9.17, 15) is 9.59 Å². The van der Waals surface area contributed by atoms with Crippen LogP contribution >= 0.6 is 0 Å². The lowest BCUT2D eigenvalue weighted by molar-refractivity contribution is -0.120. The quantitative estimate of drug-likeness (QED) is 0.0738. The molecule has 4 aliphatic rings. The Morgan fingerprint density at radius 2 is 1.08 bits per heavy atom. The molecule has 2 aliphatic heterocycles. The van der Waals surface area contributed by atoms with Crippen molar-refractivity contribution < 1.29 is 9.59 Å². The first kappa shape index (κ1) is 41.1. The number of rotatable bonds is 14. The van der Waals surface area contributed by atoms with E-state index in [0.29, 0.717) is 12.8 Å². The predicted octanol–water partition coefficient (Wildman–Crippen LogP) is 11.0. The maximum absolute atomic E-state index is 13.2. The molecule has 4 aromatic rings. The van der Waals surface area contributed by atoms with Crippen LogP contribution in [0.15, 0.2) is 142 Å². The molecule has 4 aromatic carbocycles. The molecule has 0 saturated heterocycles. The van der Waals surface area contributed by atoms with Gasteiger partial charge in [-0.15, -0.1) is 0 Å². The van der Waals surface area contributed by atoms with Gasteiger partial charge in [-0.3, -0.25) is 9.59 Å². The van der Waals surface area contributed by atoms with E-state index in [4.69, 9.17) is 21.5 Å². The number of nitrogens with one attached hydrogen (secondary N) is 2. The molecular weight excluding hydrogens is 757 g/mol. The molecule has 0 fully saturated rings. The summed E-state index contributed by atoms with van der Waals surface area (Å²) in [6.07, 6.45) is 16.1. The van der Waals surface area contributed by atoms with Crippen LogP contribution in [0.3, 0.4) is 0 Å². The Labute approximate surface area is 359 Å². The van der Waals surface area contributed by atoms with Gasteiger partial charge in [-0.1, -0.05) is 68.5 Å². The van der Waals surface area contributed by atoms with Crippen LogP contribution in [0.5, 0.6) is 0 Å². The van der Waals surface area contributed by atoms with Crippen LogP contribution in [-0.2, 0) is 9.59 Å². The molecule has 2 heterocycles. The van der Waals surface area contributed by atoms with Gasteiger partial charge < -0.3 is 31.9 Å². The van der Waals surface area contributed by atoms with Crippen LogP contribution in [0.2, 0.25) is 0 Å². The monoisotopic (exact) mass is 812 g/mol. The zero-order valence-electron chi connectivity index (χ0n) is 35.7.